The second kappa shape index (κ2) is 5.83. The molecule has 1 amide bonds. The first kappa shape index (κ1) is 15.8. The molecule has 0 saturated carbocycles. The molecule has 2 aliphatic heterocycles. The van der Waals surface area contributed by atoms with Gasteiger partial charge < -0.3 is 24.2 Å². The van der Waals surface area contributed by atoms with Gasteiger partial charge in [0.05, 0.1) is 6.04 Å². The number of carbonyl (C=O) groups excluding carboxylic acids is 1. The highest BCUT2D eigenvalue weighted by atomic mass is 16.6. The summed E-state index contributed by atoms with van der Waals surface area (Å²) in [4.78, 5) is 14.1. The molecule has 1 fully saturated rings. The predicted molar refractivity (Wildman–Crippen MR) is 84.0 cm³/mol. The second-order valence-electron chi connectivity index (χ2n) is 6.98. The first-order valence-corrected chi connectivity index (χ1v) is 7.95. The summed E-state index contributed by atoms with van der Waals surface area (Å²) in [6.45, 7) is 6.60. The minimum atomic E-state index is -0.521. The van der Waals surface area contributed by atoms with E-state index in [1.165, 1.54) is 6.07 Å². The number of phenolic OH excluding ortho intramolecular Hbond substituents is 1. The van der Waals surface area contributed by atoms with Crippen molar-refractivity contribution in [2.24, 2.45) is 0 Å². The molecule has 2 aliphatic rings. The molecular weight excluding hydrogens is 298 g/mol. The van der Waals surface area contributed by atoms with Crippen LogP contribution in [0.1, 0.15) is 33.6 Å². The Labute approximate surface area is 135 Å². The molecule has 3 rings (SSSR count). The maximum Gasteiger partial charge on any atom is 0.410 e. The van der Waals surface area contributed by atoms with Gasteiger partial charge in [-0.05, 0) is 45.7 Å². The minimum absolute atomic E-state index is 0.0830. The average molecular weight is 321 g/mol. The Morgan fingerprint density at radius 3 is 2.87 bits per heavy atom. The van der Waals surface area contributed by atoms with Crippen molar-refractivity contribution in [2.75, 3.05) is 13.2 Å². The van der Waals surface area contributed by atoms with Crippen molar-refractivity contribution in [1.29, 1.82) is 0 Å². The number of hydrogen-bond acceptors (Lipinski definition) is 5. The molecule has 126 valence electrons. The molecule has 1 saturated heterocycles. The molecular formula is C17H23NO5. The smallest absolute Gasteiger partial charge is 0.410 e. The van der Waals surface area contributed by atoms with Crippen LogP contribution >= 0.6 is 0 Å². The van der Waals surface area contributed by atoms with Crippen LogP contribution in [-0.4, -0.2) is 47.0 Å². The fourth-order valence-corrected chi connectivity index (χ4v) is 2.99. The van der Waals surface area contributed by atoms with Crippen molar-refractivity contribution in [3.8, 4) is 17.2 Å². The van der Waals surface area contributed by atoms with Crippen LogP contribution < -0.4 is 9.47 Å². The SMILES string of the molecule is CC(C)(C)OC(=O)N1CCC[C@H]1[C@H]1COc2ccc(O)cc2O1. The van der Waals surface area contributed by atoms with E-state index in [0.29, 0.717) is 24.7 Å². The van der Waals surface area contributed by atoms with Gasteiger partial charge in [0.15, 0.2) is 17.6 Å². The van der Waals surface area contributed by atoms with Crippen LogP contribution in [0.5, 0.6) is 17.2 Å². The molecule has 0 aromatic heterocycles. The van der Waals surface area contributed by atoms with E-state index in [1.807, 2.05) is 20.8 Å². The number of ether oxygens (including phenoxy) is 3. The monoisotopic (exact) mass is 321 g/mol. The normalized spacial score (nSPS) is 23.7. The van der Waals surface area contributed by atoms with Gasteiger partial charge in [-0.15, -0.1) is 0 Å². The maximum atomic E-state index is 12.4. The Kier molecular flexibility index (Phi) is 4.00. The molecule has 0 unspecified atom stereocenters. The molecule has 0 radical (unpaired) electrons. The van der Waals surface area contributed by atoms with Crippen LogP contribution in [0.2, 0.25) is 0 Å². The molecule has 6 nitrogen and oxygen atoms in total. The number of aromatic hydroxyl groups is 1. The van der Waals surface area contributed by atoms with E-state index in [0.717, 1.165) is 12.8 Å². The summed E-state index contributed by atoms with van der Waals surface area (Å²) in [7, 11) is 0. The van der Waals surface area contributed by atoms with Gasteiger partial charge >= 0.3 is 6.09 Å². The molecule has 23 heavy (non-hydrogen) atoms. The quantitative estimate of drug-likeness (QED) is 0.861. The van der Waals surface area contributed by atoms with Crippen molar-refractivity contribution < 1.29 is 24.1 Å². The lowest BCUT2D eigenvalue weighted by atomic mass is 10.1. The number of rotatable bonds is 1. The number of likely N-dealkylation sites (tertiary alicyclic amines) is 1. The highest BCUT2D eigenvalue weighted by Crippen LogP contribution is 2.37. The van der Waals surface area contributed by atoms with E-state index in [1.54, 1.807) is 17.0 Å². The van der Waals surface area contributed by atoms with E-state index in [4.69, 9.17) is 14.2 Å². The zero-order valence-corrected chi connectivity index (χ0v) is 13.7. The van der Waals surface area contributed by atoms with Gasteiger partial charge in [-0.25, -0.2) is 4.79 Å². The van der Waals surface area contributed by atoms with Crippen LogP contribution in [-0.2, 0) is 4.74 Å². The highest BCUT2D eigenvalue weighted by Gasteiger charge is 2.40. The van der Waals surface area contributed by atoms with Gasteiger partial charge in [0.2, 0.25) is 0 Å². The van der Waals surface area contributed by atoms with E-state index in [-0.39, 0.29) is 24.0 Å². The molecule has 0 aliphatic carbocycles. The largest absolute Gasteiger partial charge is 0.508 e. The van der Waals surface area contributed by atoms with Crippen LogP contribution in [0.4, 0.5) is 4.79 Å². The minimum Gasteiger partial charge on any atom is -0.508 e. The number of hydrogen-bond donors (Lipinski definition) is 1. The molecule has 2 atom stereocenters. The van der Waals surface area contributed by atoms with Gasteiger partial charge in [-0.1, -0.05) is 0 Å². The maximum absolute atomic E-state index is 12.4. The Morgan fingerprint density at radius 2 is 2.13 bits per heavy atom. The number of fused-ring (bicyclic) bond motifs is 1. The van der Waals surface area contributed by atoms with E-state index < -0.39 is 5.60 Å². The van der Waals surface area contributed by atoms with Gasteiger partial charge in [0.25, 0.3) is 0 Å². The topological polar surface area (TPSA) is 68.2 Å². The summed E-state index contributed by atoms with van der Waals surface area (Å²) in [5.74, 6) is 1.25. The Hall–Kier alpha value is -2.11. The third-order valence-corrected chi connectivity index (χ3v) is 3.97. The molecule has 2 heterocycles. The number of amides is 1. The number of nitrogens with zero attached hydrogens (tertiary/aromatic N) is 1. The van der Waals surface area contributed by atoms with E-state index in [9.17, 15) is 9.90 Å². The third-order valence-electron chi connectivity index (χ3n) is 3.97. The molecule has 0 bridgehead atoms. The Balaban J connectivity index is 1.72. The summed E-state index contributed by atoms with van der Waals surface area (Å²) >= 11 is 0. The number of carbonyl (C=O) groups is 1. The Morgan fingerprint density at radius 1 is 1.35 bits per heavy atom. The van der Waals surface area contributed by atoms with Crippen molar-refractivity contribution >= 4 is 6.09 Å². The molecule has 0 spiro atoms. The van der Waals surface area contributed by atoms with Crippen LogP contribution in [0.3, 0.4) is 0 Å². The zero-order chi connectivity index (χ0) is 16.6. The van der Waals surface area contributed by atoms with Crippen molar-refractivity contribution in [3.63, 3.8) is 0 Å². The lowest BCUT2D eigenvalue weighted by Gasteiger charge is -2.35. The summed E-state index contributed by atoms with van der Waals surface area (Å²) in [5, 5.41) is 9.59. The van der Waals surface area contributed by atoms with Crippen LogP contribution in [0.25, 0.3) is 0 Å². The van der Waals surface area contributed by atoms with Crippen molar-refractivity contribution in [1.82, 2.24) is 4.90 Å². The lowest BCUT2D eigenvalue weighted by Crippen LogP contribution is -2.50. The summed E-state index contributed by atoms with van der Waals surface area (Å²) in [5.41, 5.74) is -0.521. The first-order chi connectivity index (χ1) is 10.8. The fraction of sp³-hybridized carbons (Fsp3) is 0.588. The molecule has 6 heteroatoms. The molecule has 1 N–H and O–H groups in total. The van der Waals surface area contributed by atoms with Gasteiger partial charge in [0, 0.05) is 12.6 Å². The van der Waals surface area contributed by atoms with E-state index >= 15 is 0 Å². The van der Waals surface area contributed by atoms with Gasteiger partial charge in [-0.3, -0.25) is 0 Å². The van der Waals surface area contributed by atoms with Gasteiger partial charge in [0.1, 0.15) is 18.0 Å². The average Bonchev–Trinajstić information content (AvgIpc) is 2.94. The zero-order valence-electron chi connectivity index (χ0n) is 13.7. The third kappa shape index (κ3) is 3.46. The fourth-order valence-electron chi connectivity index (χ4n) is 2.99. The highest BCUT2D eigenvalue weighted by molar-refractivity contribution is 5.69. The van der Waals surface area contributed by atoms with Crippen LogP contribution in [0.15, 0.2) is 18.2 Å². The van der Waals surface area contributed by atoms with Crippen LogP contribution in [0, 0.1) is 0 Å². The Bertz CT molecular complexity index is 595. The standard InChI is InChI=1S/C17H23NO5/c1-17(2,3)23-16(20)18-8-4-5-12(18)15-10-21-13-7-6-11(19)9-14(13)22-15/h6-7,9,12,15,19H,4-5,8,10H2,1-3H3/t12-,15+/m0/s1. The van der Waals surface area contributed by atoms with E-state index in [2.05, 4.69) is 0 Å². The van der Waals surface area contributed by atoms with Crippen molar-refractivity contribution in [2.45, 2.75) is 51.4 Å². The first-order valence-electron chi connectivity index (χ1n) is 7.95. The van der Waals surface area contributed by atoms with Crippen molar-refractivity contribution in [3.05, 3.63) is 18.2 Å². The summed E-state index contributed by atoms with van der Waals surface area (Å²) < 4.78 is 17.2. The molecule has 1 aromatic rings. The second-order valence-corrected chi connectivity index (χ2v) is 6.98. The predicted octanol–water partition coefficient (Wildman–Crippen LogP) is 2.93. The van der Waals surface area contributed by atoms with Gasteiger partial charge in [-0.2, -0.15) is 0 Å². The molecule has 1 aromatic carbocycles. The summed E-state index contributed by atoms with van der Waals surface area (Å²) in [6, 6.07) is 4.70. The number of phenols is 1. The summed E-state index contributed by atoms with van der Waals surface area (Å²) in [6.07, 6.45) is 1.18. The lowest BCUT2D eigenvalue weighted by molar-refractivity contribution is -0.00466. The number of benzene rings is 1.